The molecule has 0 bridgehead atoms. The fraction of sp³-hybridized carbons (Fsp3) is 0.222. The molecule has 0 aliphatic rings. The van der Waals surface area contributed by atoms with Crippen LogP contribution in [0.1, 0.15) is 0 Å². The van der Waals surface area contributed by atoms with Gasteiger partial charge in [0.15, 0.2) is 0 Å². The van der Waals surface area contributed by atoms with E-state index >= 15 is 0 Å². The Morgan fingerprint density at radius 2 is 1.55 bits per heavy atom. The van der Waals surface area contributed by atoms with Crippen molar-refractivity contribution < 1.29 is 18.9 Å². The van der Waals surface area contributed by atoms with Gasteiger partial charge in [0.2, 0.25) is 0 Å². The zero-order valence-corrected chi connectivity index (χ0v) is 12.5. The van der Waals surface area contributed by atoms with Crippen molar-refractivity contribution in [2.24, 2.45) is 0 Å². The molecule has 0 spiro atoms. The molecule has 4 nitrogen and oxygen atoms in total. The van der Waals surface area contributed by atoms with Gasteiger partial charge in [-0.2, -0.15) is 0 Å². The predicted molar refractivity (Wildman–Crippen MR) is 87.2 cm³/mol. The second-order valence-corrected chi connectivity index (χ2v) is 4.41. The summed E-state index contributed by atoms with van der Waals surface area (Å²) in [5, 5.41) is 2.10. The van der Waals surface area contributed by atoms with E-state index in [2.05, 4.69) is 13.2 Å². The first-order valence-corrected chi connectivity index (χ1v) is 7.08. The first kappa shape index (κ1) is 15.8. The Balaban J connectivity index is 2.07. The van der Waals surface area contributed by atoms with Gasteiger partial charge in [-0.05, 0) is 23.6 Å². The van der Waals surface area contributed by atoms with E-state index in [1.807, 2.05) is 36.4 Å². The van der Waals surface area contributed by atoms with Crippen LogP contribution in [0.3, 0.4) is 0 Å². The third-order valence-electron chi connectivity index (χ3n) is 2.98. The molecule has 0 amide bonds. The standard InChI is InChI=1S/C18H20O4/c1-3-19-10-12-21-16-9-8-15-6-5-7-18(17(15)14-16)22-13-11-20-4-2/h3-9,14H,1-2,10-13H2. The molecule has 0 unspecified atom stereocenters. The lowest BCUT2D eigenvalue weighted by Gasteiger charge is -2.11. The summed E-state index contributed by atoms with van der Waals surface area (Å²) in [5.41, 5.74) is 0. The summed E-state index contributed by atoms with van der Waals surface area (Å²) in [7, 11) is 0. The van der Waals surface area contributed by atoms with Gasteiger partial charge in [0.25, 0.3) is 0 Å². The van der Waals surface area contributed by atoms with Crippen LogP contribution in [0.25, 0.3) is 10.8 Å². The molecule has 2 aromatic carbocycles. The minimum atomic E-state index is 0.462. The summed E-state index contributed by atoms with van der Waals surface area (Å²) in [6.45, 7) is 8.85. The Bertz CT molecular complexity index is 622. The van der Waals surface area contributed by atoms with Gasteiger partial charge in [0, 0.05) is 5.39 Å². The summed E-state index contributed by atoms with van der Waals surface area (Å²) < 4.78 is 21.5. The lowest BCUT2D eigenvalue weighted by atomic mass is 10.1. The first-order chi connectivity index (χ1) is 10.8. The summed E-state index contributed by atoms with van der Waals surface area (Å²) in [4.78, 5) is 0. The molecule has 0 N–H and O–H groups in total. The number of hydrogen-bond acceptors (Lipinski definition) is 4. The van der Waals surface area contributed by atoms with E-state index in [1.165, 1.54) is 12.5 Å². The molecule has 0 aliphatic heterocycles. The topological polar surface area (TPSA) is 36.9 Å². The minimum Gasteiger partial charge on any atom is -0.498 e. The highest BCUT2D eigenvalue weighted by molar-refractivity contribution is 5.89. The van der Waals surface area contributed by atoms with Gasteiger partial charge in [-0.1, -0.05) is 31.4 Å². The molecule has 0 aromatic heterocycles. The second-order valence-electron chi connectivity index (χ2n) is 4.41. The van der Waals surface area contributed by atoms with E-state index in [-0.39, 0.29) is 0 Å². The van der Waals surface area contributed by atoms with Gasteiger partial charge in [-0.25, -0.2) is 0 Å². The Labute approximate surface area is 130 Å². The maximum Gasteiger partial charge on any atom is 0.127 e. The van der Waals surface area contributed by atoms with Gasteiger partial charge in [-0.3, -0.25) is 0 Å². The van der Waals surface area contributed by atoms with Gasteiger partial charge in [0.1, 0.15) is 37.9 Å². The first-order valence-electron chi connectivity index (χ1n) is 7.08. The largest absolute Gasteiger partial charge is 0.498 e. The van der Waals surface area contributed by atoms with Crippen LogP contribution in [0.15, 0.2) is 62.1 Å². The highest BCUT2D eigenvalue weighted by atomic mass is 16.5. The fourth-order valence-electron chi connectivity index (χ4n) is 2.01. The molecule has 0 heterocycles. The highest BCUT2D eigenvalue weighted by Crippen LogP contribution is 2.29. The molecule has 0 atom stereocenters. The van der Waals surface area contributed by atoms with Crippen LogP contribution in [0.2, 0.25) is 0 Å². The maximum atomic E-state index is 5.75. The smallest absolute Gasteiger partial charge is 0.127 e. The fourth-order valence-corrected chi connectivity index (χ4v) is 2.01. The van der Waals surface area contributed by atoms with Crippen LogP contribution < -0.4 is 9.47 Å². The molecular formula is C18H20O4. The van der Waals surface area contributed by atoms with Gasteiger partial charge in [0.05, 0.1) is 12.5 Å². The van der Waals surface area contributed by atoms with E-state index in [1.54, 1.807) is 0 Å². The average molecular weight is 300 g/mol. The maximum absolute atomic E-state index is 5.75. The normalized spacial score (nSPS) is 10.0. The van der Waals surface area contributed by atoms with Crippen molar-refractivity contribution >= 4 is 10.8 Å². The van der Waals surface area contributed by atoms with E-state index < -0.39 is 0 Å². The van der Waals surface area contributed by atoms with Crippen molar-refractivity contribution in [1.82, 2.24) is 0 Å². The van der Waals surface area contributed by atoms with Crippen molar-refractivity contribution in [1.29, 1.82) is 0 Å². The summed E-state index contributed by atoms with van der Waals surface area (Å²) >= 11 is 0. The van der Waals surface area contributed by atoms with E-state index in [0.29, 0.717) is 26.4 Å². The minimum absolute atomic E-state index is 0.462. The second kappa shape index (κ2) is 8.62. The zero-order chi connectivity index (χ0) is 15.6. The van der Waals surface area contributed by atoms with Gasteiger partial charge in [-0.15, -0.1) is 0 Å². The number of hydrogen-bond donors (Lipinski definition) is 0. The van der Waals surface area contributed by atoms with Crippen molar-refractivity contribution in [3.05, 3.63) is 62.1 Å². The van der Waals surface area contributed by atoms with Crippen LogP contribution in [-0.2, 0) is 9.47 Å². The predicted octanol–water partition coefficient (Wildman–Crippen LogP) is 3.92. The quantitative estimate of drug-likeness (QED) is 0.492. The lowest BCUT2D eigenvalue weighted by molar-refractivity contribution is 0.179. The third kappa shape index (κ3) is 4.45. The molecule has 4 heteroatoms. The van der Waals surface area contributed by atoms with Crippen molar-refractivity contribution in [3.8, 4) is 11.5 Å². The monoisotopic (exact) mass is 300 g/mol. The lowest BCUT2D eigenvalue weighted by Crippen LogP contribution is -2.05. The van der Waals surface area contributed by atoms with Crippen LogP contribution >= 0.6 is 0 Å². The van der Waals surface area contributed by atoms with Gasteiger partial charge >= 0.3 is 0 Å². The molecule has 0 fully saturated rings. The van der Waals surface area contributed by atoms with E-state index in [4.69, 9.17) is 18.9 Å². The number of ether oxygens (including phenoxy) is 4. The Morgan fingerprint density at radius 1 is 0.818 bits per heavy atom. The molecule has 116 valence electrons. The van der Waals surface area contributed by atoms with Crippen molar-refractivity contribution in [2.75, 3.05) is 26.4 Å². The van der Waals surface area contributed by atoms with Gasteiger partial charge < -0.3 is 18.9 Å². The van der Waals surface area contributed by atoms with Crippen LogP contribution in [-0.4, -0.2) is 26.4 Å². The van der Waals surface area contributed by atoms with Crippen molar-refractivity contribution in [3.63, 3.8) is 0 Å². The Hall–Kier alpha value is -2.62. The SMILES string of the molecule is C=COCCOc1ccc2cccc(OCCOC=C)c2c1. The molecule has 2 rings (SSSR count). The number of rotatable bonds is 10. The summed E-state index contributed by atoms with van der Waals surface area (Å²) in [6.07, 6.45) is 2.81. The number of fused-ring (bicyclic) bond motifs is 1. The van der Waals surface area contributed by atoms with Crippen molar-refractivity contribution in [2.45, 2.75) is 0 Å². The highest BCUT2D eigenvalue weighted by Gasteiger charge is 2.04. The number of benzene rings is 2. The van der Waals surface area contributed by atoms with Crippen LogP contribution in [0.4, 0.5) is 0 Å². The summed E-state index contributed by atoms with van der Waals surface area (Å²) in [5.74, 6) is 1.58. The van der Waals surface area contributed by atoms with Crippen LogP contribution in [0.5, 0.6) is 11.5 Å². The molecule has 0 radical (unpaired) electrons. The average Bonchev–Trinajstić information content (AvgIpc) is 2.56. The Kier molecular flexibility index (Phi) is 6.18. The molecule has 0 saturated carbocycles. The van der Waals surface area contributed by atoms with E-state index in [0.717, 1.165) is 22.3 Å². The summed E-state index contributed by atoms with van der Waals surface area (Å²) in [6, 6.07) is 11.8. The molecule has 0 aliphatic carbocycles. The third-order valence-corrected chi connectivity index (χ3v) is 2.98. The van der Waals surface area contributed by atoms with E-state index in [9.17, 15) is 0 Å². The zero-order valence-electron chi connectivity index (χ0n) is 12.5. The van der Waals surface area contributed by atoms with Crippen LogP contribution in [0, 0.1) is 0 Å². The molecule has 2 aromatic rings. The Morgan fingerprint density at radius 3 is 2.27 bits per heavy atom. The molecular weight excluding hydrogens is 280 g/mol. The molecule has 0 saturated heterocycles. The molecule has 22 heavy (non-hydrogen) atoms.